The average molecular weight is 258 g/mol. The van der Waals surface area contributed by atoms with Crippen molar-refractivity contribution in [3.8, 4) is 0 Å². The summed E-state index contributed by atoms with van der Waals surface area (Å²) in [7, 11) is 0. The van der Waals surface area contributed by atoms with Gasteiger partial charge in [0.05, 0.1) is 12.6 Å². The number of benzene rings is 1. The number of carbonyl (C=O) groups is 1. The molecule has 1 aromatic carbocycles. The SMILES string of the molecule is C=CCN(CC=C)CC(=O)NC(C)c1ccccc1. The predicted molar refractivity (Wildman–Crippen MR) is 79.8 cm³/mol. The molecule has 1 amide bonds. The number of amides is 1. The molecule has 1 aromatic rings. The van der Waals surface area contributed by atoms with Crippen LogP contribution in [0.1, 0.15) is 18.5 Å². The zero-order valence-electron chi connectivity index (χ0n) is 11.5. The molecule has 3 nitrogen and oxygen atoms in total. The maximum Gasteiger partial charge on any atom is 0.234 e. The number of nitrogens with one attached hydrogen (secondary N) is 1. The van der Waals surface area contributed by atoms with Gasteiger partial charge in [-0.2, -0.15) is 0 Å². The Morgan fingerprint density at radius 2 is 1.84 bits per heavy atom. The van der Waals surface area contributed by atoms with E-state index in [1.807, 2.05) is 42.2 Å². The van der Waals surface area contributed by atoms with E-state index in [1.54, 1.807) is 12.2 Å². The molecule has 0 fully saturated rings. The quantitative estimate of drug-likeness (QED) is 0.727. The molecule has 0 heterocycles. The third-order valence-corrected chi connectivity index (χ3v) is 2.82. The minimum Gasteiger partial charge on any atom is -0.348 e. The van der Waals surface area contributed by atoms with Gasteiger partial charge in [-0.3, -0.25) is 9.69 Å². The summed E-state index contributed by atoms with van der Waals surface area (Å²) in [5, 5.41) is 2.99. The first-order valence-corrected chi connectivity index (χ1v) is 6.45. The molecule has 1 unspecified atom stereocenters. The van der Waals surface area contributed by atoms with E-state index >= 15 is 0 Å². The van der Waals surface area contributed by atoms with Crippen molar-refractivity contribution in [3.05, 3.63) is 61.2 Å². The van der Waals surface area contributed by atoms with E-state index in [4.69, 9.17) is 0 Å². The molecule has 1 atom stereocenters. The second-order valence-corrected chi connectivity index (χ2v) is 4.47. The van der Waals surface area contributed by atoms with E-state index in [9.17, 15) is 4.79 Å². The van der Waals surface area contributed by atoms with Gasteiger partial charge >= 0.3 is 0 Å². The van der Waals surface area contributed by atoms with Crippen LogP contribution in [0.4, 0.5) is 0 Å². The topological polar surface area (TPSA) is 32.3 Å². The number of hydrogen-bond acceptors (Lipinski definition) is 2. The lowest BCUT2D eigenvalue weighted by atomic mass is 10.1. The normalized spacial score (nSPS) is 11.9. The van der Waals surface area contributed by atoms with Gasteiger partial charge in [0.15, 0.2) is 0 Å². The van der Waals surface area contributed by atoms with Crippen LogP contribution in [-0.2, 0) is 4.79 Å². The minimum atomic E-state index is 0.0139. The molecule has 0 aliphatic rings. The van der Waals surface area contributed by atoms with Gasteiger partial charge in [0.2, 0.25) is 5.91 Å². The summed E-state index contributed by atoms with van der Waals surface area (Å²) in [5.41, 5.74) is 1.11. The molecule has 102 valence electrons. The molecule has 0 saturated heterocycles. The van der Waals surface area contributed by atoms with Crippen LogP contribution < -0.4 is 5.32 Å². The van der Waals surface area contributed by atoms with Crippen molar-refractivity contribution in [2.24, 2.45) is 0 Å². The summed E-state index contributed by atoms with van der Waals surface area (Å²) in [6, 6.07) is 9.95. The van der Waals surface area contributed by atoms with Crippen LogP contribution in [-0.4, -0.2) is 30.4 Å². The molecule has 0 spiro atoms. The van der Waals surface area contributed by atoms with Crippen LogP contribution >= 0.6 is 0 Å². The first-order valence-electron chi connectivity index (χ1n) is 6.45. The Morgan fingerprint density at radius 3 is 2.37 bits per heavy atom. The van der Waals surface area contributed by atoms with Crippen molar-refractivity contribution in [1.82, 2.24) is 10.2 Å². The fourth-order valence-corrected chi connectivity index (χ4v) is 1.88. The molecule has 19 heavy (non-hydrogen) atoms. The molecule has 3 heteroatoms. The van der Waals surface area contributed by atoms with Crippen molar-refractivity contribution < 1.29 is 4.79 Å². The maximum atomic E-state index is 12.0. The lowest BCUT2D eigenvalue weighted by Gasteiger charge is -2.20. The molecular weight excluding hydrogens is 236 g/mol. The summed E-state index contributed by atoms with van der Waals surface area (Å²) in [5.74, 6) is 0.0139. The van der Waals surface area contributed by atoms with Gasteiger partial charge < -0.3 is 5.32 Å². The van der Waals surface area contributed by atoms with Crippen LogP contribution in [0.15, 0.2) is 55.6 Å². The first kappa shape index (κ1) is 15.2. The fraction of sp³-hybridized carbons (Fsp3) is 0.312. The Labute approximate surface area is 115 Å². The number of carbonyl (C=O) groups excluding carboxylic acids is 1. The molecule has 0 saturated carbocycles. The zero-order valence-corrected chi connectivity index (χ0v) is 11.5. The lowest BCUT2D eigenvalue weighted by Crippen LogP contribution is -2.38. The highest BCUT2D eigenvalue weighted by Gasteiger charge is 2.12. The van der Waals surface area contributed by atoms with Gasteiger partial charge in [-0.1, -0.05) is 42.5 Å². The van der Waals surface area contributed by atoms with Gasteiger partial charge in [-0.05, 0) is 12.5 Å². The van der Waals surface area contributed by atoms with Crippen molar-refractivity contribution in [2.75, 3.05) is 19.6 Å². The Morgan fingerprint density at radius 1 is 1.26 bits per heavy atom. The second kappa shape index (κ2) is 8.27. The molecule has 1 N–H and O–H groups in total. The second-order valence-electron chi connectivity index (χ2n) is 4.47. The maximum absolute atomic E-state index is 12.0. The highest BCUT2D eigenvalue weighted by molar-refractivity contribution is 5.78. The van der Waals surface area contributed by atoms with Crippen LogP contribution in [0.25, 0.3) is 0 Å². The van der Waals surface area contributed by atoms with E-state index < -0.39 is 0 Å². The largest absolute Gasteiger partial charge is 0.348 e. The molecule has 1 rings (SSSR count). The predicted octanol–water partition coefficient (Wildman–Crippen LogP) is 2.54. The van der Waals surface area contributed by atoms with Gasteiger partial charge in [-0.25, -0.2) is 0 Å². The highest BCUT2D eigenvalue weighted by Crippen LogP contribution is 2.10. The van der Waals surface area contributed by atoms with Gasteiger partial charge in [0.25, 0.3) is 0 Å². The van der Waals surface area contributed by atoms with Crippen LogP contribution in [0, 0.1) is 0 Å². The Kier molecular flexibility index (Phi) is 6.61. The highest BCUT2D eigenvalue weighted by atomic mass is 16.2. The smallest absolute Gasteiger partial charge is 0.234 e. The summed E-state index contributed by atoms with van der Waals surface area (Å²) >= 11 is 0. The molecular formula is C16H22N2O. The first-order chi connectivity index (χ1) is 9.17. The third kappa shape index (κ3) is 5.53. The Balaban J connectivity index is 2.49. The summed E-state index contributed by atoms with van der Waals surface area (Å²) in [6.45, 7) is 11.1. The fourth-order valence-electron chi connectivity index (χ4n) is 1.88. The molecule has 0 aliphatic heterocycles. The van der Waals surface area contributed by atoms with E-state index in [0.29, 0.717) is 19.6 Å². The van der Waals surface area contributed by atoms with E-state index in [1.165, 1.54) is 0 Å². The number of rotatable bonds is 8. The van der Waals surface area contributed by atoms with Gasteiger partial charge in [0.1, 0.15) is 0 Å². The van der Waals surface area contributed by atoms with Crippen molar-refractivity contribution in [1.29, 1.82) is 0 Å². The van der Waals surface area contributed by atoms with Crippen LogP contribution in [0.2, 0.25) is 0 Å². The summed E-state index contributed by atoms with van der Waals surface area (Å²) in [4.78, 5) is 13.9. The molecule has 0 radical (unpaired) electrons. The van der Waals surface area contributed by atoms with Crippen molar-refractivity contribution >= 4 is 5.91 Å². The number of nitrogens with zero attached hydrogens (tertiary/aromatic N) is 1. The van der Waals surface area contributed by atoms with Crippen molar-refractivity contribution in [3.63, 3.8) is 0 Å². The molecule has 0 aromatic heterocycles. The molecule has 0 bridgehead atoms. The zero-order chi connectivity index (χ0) is 14.1. The monoisotopic (exact) mass is 258 g/mol. The van der Waals surface area contributed by atoms with Gasteiger partial charge in [-0.15, -0.1) is 13.2 Å². The Bertz CT molecular complexity index is 404. The average Bonchev–Trinajstić information content (AvgIpc) is 2.40. The number of hydrogen-bond donors (Lipinski definition) is 1. The Hall–Kier alpha value is -1.87. The van der Waals surface area contributed by atoms with E-state index in [2.05, 4.69) is 18.5 Å². The third-order valence-electron chi connectivity index (χ3n) is 2.82. The van der Waals surface area contributed by atoms with E-state index in [-0.39, 0.29) is 11.9 Å². The van der Waals surface area contributed by atoms with Crippen molar-refractivity contribution in [2.45, 2.75) is 13.0 Å². The van der Waals surface area contributed by atoms with Crippen LogP contribution in [0.3, 0.4) is 0 Å². The van der Waals surface area contributed by atoms with Gasteiger partial charge in [0, 0.05) is 13.1 Å². The standard InChI is InChI=1S/C16H22N2O/c1-4-11-18(12-5-2)13-16(19)17-14(3)15-9-7-6-8-10-15/h4-10,14H,1-2,11-13H2,3H3,(H,17,19). The molecule has 0 aliphatic carbocycles. The van der Waals surface area contributed by atoms with Crippen LogP contribution in [0.5, 0.6) is 0 Å². The minimum absolute atomic E-state index is 0.0139. The summed E-state index contributed by atoms with van der Waals surface area (Å²) in [6.07, 6.45) is 3.58. The lowest BCUT2D eigenvalue weighted by molar-refractivity contribution is -0.122. The summed E-state index contributed by atoms with van der Waals surface area (Å²) < 4.78 is 0. The van der Waals surface area contributed by atoms with E-state index in [0.717, 1.165) is 5.56 Å².